The summed E-state index contributed by atoms with van der Waals surface area (Å²) >= 11 is 3.32. The van der Waals surface area contributed by atoms with E-state index in [1.807, 2.05) is 17.7 Å². The molecule has 0 bridgehead atoms. The standard InChI is InChI=1S/C30H29NO6S2/c1-2-32-9-10-33-8-7-31-23-5-3-19(29-27-25(17-38-29)34-11-13-36-27)15-21(23)22-16-20(4-6-24(22)31)30-28-26(18-39-30)35-12-14-37-28/h3-6,15-18H,2,7-14H2,1H3. The number of fused-ring (bicyclic) bond motifs is 5. The molecule has 0 spiro atoms. The van der Waals surface area contributed by atoms with E-state index in [0.717, 1.165) is 50.4 Å². The summed E-state index contributed by atoms with van der Waals surface area (Å²) in [6.07, 6.45) is 0. The predicted octanol–water partition coefficient (Wildman–Crippen LogP) is 6.85. The van der Waals surface area contributed by atoms with Gasteiger partial charge in [-0.2, -0.15) is 0 Å². The van der Waals surface area contributed by atoms with Crippen molar-refractivity contribution in [3.05, 3.63) is 47.2 Å². The topological polar surface area (TPSA) is 60.3 Å². The minimum absolute atomic E-state index is 0.571. The Kier molecular flexibility index (Phi) is 6.82. The highest BCUT2D eigenvalue weighted by molar-refractivity contribution is 7.14. The van der Waals surface area contributed by atoms with Gasteiger partial charge in [-0.25, -0.2) is 0 Å². The zero-order valence-corrected chi connectivity index (χ0v) is 23.3. The number of hydrogen-bond donors (Lipinski definition) is 0. The minimum Gasteiger partial charge on any atom is -0.485 e. The molecule has 0 radical (unpaired) electrons. The van der Waals surface area contributed by atoms with Crippen molar-refractivity contribution in [1.82, 2.24) is 4.57 Å². The smallest absolute Gasteiger partial charge is 0.179 e. The molecule has 7 rings (SSSR count). The van der Waals surface area contributed by atoms with Gasteiger partial charge in [0.25, 0.3) is 0 Å². The van der Waals surface area contributed by atoms with Crippen LogP contribution in [0.5, 0.6) is 23.0 Å². The molecule has 2 aliphatic heterocycles. The zero-order valence-electron chi connectivity index (χ0n) is 21.7. The number of rotatable bonds is 9. The summed E-state index contributed by atoms with van der Waals surface area (Å²) < 4.78 is 37.3. The predicted molar refractivity (Wildman–Crippen MR) is 155 cm³/mol. The van der Waals surface area contributed by atoms with E-state index >= 15 is 0 Å². The maximum Gasteiger partial charge on any atom is 0.179 e. The lowest BCUT2D eigenvalue weighted by molar-refractivity contribution is 0.0503. The summed E-state index contributed by atoms with van der Waals surface area (Å²) in [7, 11) is 0. The van der Waals surface area contributed by atoms with E-state index in [2.05, 4.69) is 41.0 Å². The van der Waals surface area contributed by atoms with E-state index in [4.69, 9.17) is 28.4 Å². The molecule has 5 aromatic rings. The number of aromatic nitrogens is 1. The molecule has 0 N–H and O–H groups in total. The van der Waals surface area contributed by atoms with Gasteiger partial charge < -0.3 is 33.0 Å². The Labute approximate surface area is 234 Å². The van der Waals surface area contributed by atoms with Crippen LogP contribution in [0.3, 0.4) is 0 Å². The molecule has 5 heterocycles. The van der Waals surface area contributed by atoms with E-state index in [1.165, 1.54) is 21.8 Å². The van der Waals surface area contributed by atoms with Crippen LogP contribution in [-0.4, -0.2) is 57.4 Å². The Bertz CT molecular complexity index is 1520. The van der Waals surface area contributed by atoms with Gasteiger partial charge in [0.1, 0.15) is 26.4 Å². The van der Waals surface area contributed by atoms with Crippen molar-refractivity contribution >= 4 is 44.5 Å². The number of benzene rings is 2. The van der Waals surface area contributed by atoms with Gasteiger partial charge in [-0.3, -0.25) is 0 Å². The van der Waals surface area contributed by atoms with E-state index in [-0.39, 0.29) is 0 Å². The third-order valence-electron chi connectivity index (χ3n) is 7.03. The Hall–Kier alpha value is -3.24. The number of thiophene rings is 2. The molecule has 0 atom stereocenters. The van der Waals surface area contributed by atoms with Crippen molar-refractivity contribution in [2.75, 3.05) is 52.9 Å². The van der Waals surface area contributed by atoms with Crippen molar-refractivity contribution in [2.24, 2.45) is 0 Å². The first-order valence-corrected chi connectivity index (χ1v) is 15.0. The van der Waals surface area contributed by atoms with E-state index in [1.54, 1.807) is 22.7 Å². The zero-order chi connectivity index (χ0) is 26.2. The summed E-state index contributed by atoms with van der Waals surface area (Å²) in [4.78, 5) is 2.20. The Morgan fingerprint density at radius 3 is 1.79 bits per heavy atom. The molecule has 9 heteroatoms. The molecular formula is C30H29NO6S2. The van der Waals surface area contributed by atoms with Crippen molar-refractivity contribution < 1.29 is 28.4 Å². The number of nitrogens with zero attached hydrogens (tertiary/aromatic N) is 1. The Morgan fingerprint density at radius 2 is 1.23 bits per heavy atom. The van der Waals surface area contributed by atoms with Crippen molar-refractivity contribution in [3.63, 3.8) is 0 Å². The number of ether oxygens (including phenoxy) is 6. The molecule has 7 nitrogen and oxygen atoms in total. The first-order valence-electron chi connectivity index (χ1n) is 13.3. The molecule has 0 saturated carbocycles. The Balaban J connectivity index is 1.31. The normalized spacial score (nSPS) is 14.4. The molecule has 0 amide bonds. The summed E-state index contributed by atoms with van der Waals surface area (Å²) in [5.41, 5.74) is 4.60. The molecule has 2 aliphatic rings. The second-order valence-electron chi connectivity index (χ2n) is 9.34. The van der Waals surface area contributed by atoms with Crippen molar-refractivity contribution in [3.8, 4) is 43.9 Å². The molecule has 3 aromatic heterocycles. The van der Waals surface area contributed by atoms with Crippen LogP contribution < -0.4 is 18.9 Å². The first kappa shape index (κ1) is 24.8. The maximum atomic E-state index is 6.00. The fourth-order valence-corrected chi connectivity index (χ4v) is 7.13. The highest BCUT2D eigenvalue weighted by Crippen LogP contribution is 2.48. The lowest BCUT2D eigenvalue weighted by Crippen LogP contribution is -2.14. The van der Waals surface area contributed by atoms with Gasteiger partial charge in [0.05, 0.1) is 29.6 Å². The molecule has 202 valence electrons. The van der Waals surface area contributed by atoms with Gasteiger partial charge in [0, 0.05) is 45.7 Å². The number of hydrogen-bond acceptors (Lipinski definition) is 8. The van der Waals surface area contributed by atoms with E-state index in [9.17, 15) is 0 Å². The van der Waals surface area contributed by atoms with Crippen LogP contribution in [0.2, 0.25) is 0 Å². The van der Waals surface area contributed by atoms with Gasteiger partial charge in [0.15, 0.2) is 23.0 Å². The van der Waals surface area contributed by atoms with Gasteiger partial charge in [-0.15, -0.1) is 22.7 Å². The average Bonchev–Trinajstić information content (AvgIpc) is 3.68. The summed E-state index contributed by atoms with van der Waals surface area (Å²) in [6, 6.07) is 13.3. The van der Waals surface area contributed by atoms with Crippen LogP contribution in [0.15, 0.2) is 47.2 Å². The Morgan fingerprint density at radius 1 is 0.692 bits per heavy atom. The van der Waals surface area contributed by atoms with Gasteiger partial charge in [-0.05, 0) is 42.3 Å². The van der Waals surface area contributed by atoms with Crippen LogP contribution in [0, 0.1) is 0 Å². The van der Waals surface area contributed by atoms with Crippen LogP contribution >= 0.6 is 22.7 Å². The van der Waals surface area contributed by atoms with Crippen LogP contribution in [0.4, 0.5) is 0 Å². The van der Waals surface area contributed by atoms with Crippen LogP contribution in [-0.2, 0) is 16.0 Å². The molecule has 39 heavy (non-hydrogen) atoms. The third kappa shape index (κ3) is 4.53. The second-order valence-corrected chi connectivity index (χ2v) is 11.1. The third-order valence-corrected chi connectivity index (χ3v) is 9.00. The molecule has 0 unspecified atom stereocenters. The quantitative estimate of drug-likeness (QED) is 0.183. The van der Waals surface area contributed by atoms with Crippen molar-refractivity contribution in [2.45, 2.75) is 13.5 Å². The second kappa shape index (κ2) is 10.7. The maximum absolute atomic E-state index is 6.00. The summed E-state index contributed by atoms with van der Waals surface area (Å²) in [5.74, 6) is 3.36. The molecule has 2 aromatic carbocycles. The summed E-state index contributed by atoms with van der Waals surface area (Å²) in [5, 5.41) is 6.47. The molecular weight excluding hydrogens is 534 g/mol. The SMILES string of the molecule is CCOCCOCCn1c2ccc(-c3scc4c3OCCO4)cc2c2cc(-c3scc4c3OCCO4)ccc21. The largest absolute Gasteiger partial charge is 0.485 e. The minimum atomic E-state index is 0.571. The molecule has 0 fully saturated rings. The monoisotopic (exact) mass is 563 g/mol. The van der Waals surface area contributed by atoms with E-state index < -0.39 is 0 Å². The lowest BCUT2D eigenvalue weighted by Gasteiger charge is -2.16. The van der Waals surface area contributed by atoms with Crippen LogP contribution in [0.1, 0.15) is 6.92 Å². The highest BCUT2D eigenvalue weighted by atomic mass is 32.1. The van der Waals surface area contributed by atoms with Gasteiger partial charge in [0.2, 0.25) is 0 Å². The highest BCUT2D eigenvalue weighted by Gasteiger charge is 2.23. The van der Waals surface area contributed by atoms with Gasteiger partial charge in [-0.1, -0.05) is 12.1 Å². The van der Waals surface area contributed by atoms with Crippen LogP contribution in [0.25, 0.3) is 42.7 Å². The van der Waals surface area contributed by atoms with Gasteiger partial charge >= 0.3 is 0 Å². The van der Waals surface area contributed by atoms with E-state index in [0.29, 0.717) is 52.9 Å². The fraction of sp³-hybridized carbons (Fsp3) is 0.333. The molecule has 0 saturated heterocycles. The fourth-order valence-electron chi connectivity index (χ4n) is 5.27. The average molecular weight is 564 g/mol. The summed E-state index contributed by atoms with van der Waals surface area (Å²) in [6.45, 7) is 7.60. The lowest BCUT2D eigenvalue weighted by atomic mass is 10.1. The van der Waals surface area contributed by atoms with Crippen molar-refractivity contribution in [1.29, 1.82) is 0 Å². The first-order chi connectivity index (χ1) is 19.3. The molecule has 0 aliphatic carbocycles.